The van der Waals surface area contributed by atoms with Gasteiger partial charge in [0.25, 0.3) is 0 Å². The number of hydrogen-bond donors (Lipinski definition) is 0. The first-order chi connectivity index (χ1) is 8.78. The fraction of sp³-hybridized carbons (Fsp3) is 0.214. The molecule has 1 aromatic heterocycles. The Labute approximate surface area is 106 Å². The van der Waals surface area contributed by atoms with Gasteiger partial charge in [-0.25, -0.2) is 4.98 Å². The molecule has 1 aliphatic heterocycles. The number of rotatable bonds is 2. The Bertz CT molecular complexity index is 601. The van der Waals surface area contributed by atoms with Crippen LogP contribution in [0.1, 0.15) is 5.69 Å². The second-order valence-electron chi connectivity index (χ2n) is 4.39. The lowest BCUT2D eigenvalue weighted by molar-refractivity contribution is 0.415. The monoisotopic (exact) mass is 241 g/mol. The summed E-state index contributed by atoms with van der Waals surface area (Å²) in [4.78, 5) is 6.64. The smallest absolute Gasteiger partial charge is 0.144 e. The molecular formula is C14H15N3O. The lowest BCUT2D eigenvalue weighted by Gasteiger charge is -2.20. The van der Waals surface area contributed by atoms with Crippen LogP contribution >= 0.6 is 0 Å². The summed E-state index contributed by atoms with van der Waals surface area (Å²) in [6.45, 7) is 0.882. The summed E-state index contributed by atoms with van der Waals surface area (Å²) in [5.74, 6) is 1.80. The van der Waals surface area contributed by atoms with Crippen molar-refractivity contribution in [2.75, 3.05) is 14.2 Å². The lowest BCUT2D eigenvalue weighted by Crippen LogP contribution is -2.17. The Morgan fingerprint density at radius 3 is 3.00 bits per heavy atom. The minimum Gasteiger partial charge on any atom is -0.497 e. The zero-order chi connectivity index (χ0) is 12.5. The predicted octanol–water partition coefficient (Wildman–Crippen LogP) is 2.43. The average Bonchev–Trinajstić information content (AvgIpc) is 2.81. The van der Waals surface area contributed by atoms with Crippen LogP contribution < -0.4 is 4.74 Å². The van der Waals surface area contributed by atoms with Crippen LogP contribution in [0.3, 0.4) is 0 Å². The molecule has 0 amide bonds. The number of methoxy groups -OCH3 is 1. The van der Waals surface area contributed by atoms with E-state index in [0.717, 1.165) is 23.7 Å². The van der Waals surface area contributed by atoms with Crippen LogP contribution in [0.15, 0.2) is 36.7 Å². The summed E-state index contributed by atoms with van der Waals surface area (Å²) in [7, 11) is 3.73. The van der Waals surface area contributed by atoms with Crippen molar-refractivity contribution in [2.45, 2.75) is 6.54 Å². The van der Waals surface area contributed by atoms with Gasteiger partial charge < -0.3 is 14.2 Å². The largest absolute Gasteiger partial charge is 0.497 e. The molecule has 1 aliphatic rings. The fourth-order valence-corrected chi connectivity index (χ4v) is 2.14. The zero-order valence-electron chi connectivity index (χ0n) is 10.5. The van der Waals surface area contributed by atoms with Crippen molar-refractivity contribution in [3.8, 4) is 17.1 Å². The third-order valence-electron chi connectivity index (χ3n) is 3.08. The van der Waals surface area contributed by atoms with Gasteiger partial charge in [0.15, 0.2) is 0 Å². The van der Waals surface area contributed by atoms with Gasteiger partial charge in [-0.2, -0.15) is 0 Å². The third-order valence-corrected chi connectivity index (χ3v) is 3.08. The zero-order valence-corrected chi connectivity index (χ0v) is 10.5. The van der Waals surface area contributed by atoms with Crippen molar-refractivity contribution < 1.29 is 4.74 Å². The number of ether oxygens (including phenoxy) is 1. The highest BCUT2D eigenvalue weighted by atomic mass is 16.5. The van der Waals surface area contributed by atoms with Crippen LogP contribution in [0.5, 0.6) is 5.75 Å². The lowest BCUT2D eigenvalue weighted by atomic mass is 10.2. The number of fused-ring (bicyclic) bond motifs is 1. The molecule has 0 fully saturated rings. The molecular weight excluding hydrogens is 226 g/mol. The molecule has 3 rings (SSSR count). The van der Waals surface area contributed by atoms with Crippen molar-refractivity contribution in [1.82, 2.24) is 14.5 Å². The molecule has 0 spiro atoms. The molecule has 1 aromatic carbocycles. The van der Waals surface area contributed by atoms with Crippen LogP contribution in [-0.4, -0.2) is 28.6 Å². The van der Waals surface area contributed by atoms with Gasteiger partial charge in [0.1, 0.15) is 11.6 Å². The van der Waals surface area contributed by atoms with Crippen LogP contribution in [0.25, 0.3) is 17.6 Å². The van der Waals surface area contributed by atoms with E-state index in [4.69, 9.17) is 4.74 Å². The molecule has 0 aliphatic carbocycles. The summed E-state index contributed by atoms with van der Waals surface area (Å²) in [5, 5.41) is 0. The van der Waals surface area contributed by atoms with Crippen molar-refractivity contribution in [1.29, 1.82) is 0 Å². The van der Waals surface area contributed by atoms with Crippen molar-refractivity contribution in [2.24, 2.45) is 0 Å². The van der Waals surface area contributed by atoms with Gasteiger partial charge in [-0.15, -0.1) is 0 Å². The summed E-state index contributed by atoms with van der Waals surface area (Å²) < 4.78 is 7.37. The Kier molecular flexibility index (Phi) is 2.55. The van der Waals surface area contributed by atoms with E-state index in [-0.39, 0.29) is 0 Å². The summed E-state index contributed by atoms with van der Waals surface area (Å²) in [6, 6.07) is 7.97. The Balaban J connectivity index is 2.06. The topological polar surface area (TPSA) is 30.3 Å². The molecule has 0 saturated carbocycles. The minimum absolute atomic E-state index is 0.849. The predicted molar refractivity (Wildman–Crippen MR) is 71.0 cm³/mol. The molecule has 0 bridgehead atoms. The molecule has 92 valence electrons. The maximum absolute atomic E-state index is 5.25. The van der Waals surface area contributed by atoms with E-state index in [1.807, 2.05) is 36.7 Å². The maximum atomic E-state index is 5.25. The average molecular weight is 241 g/mol. The van der Waals surface area contributed by atoms with Crippen LogP contribution in [0, 0.1) is 0 Å². The van der Waals surface area contributed by atoms with Crippen molar-refractivity contribution >= 4 is 6.20 Å². The standard InChI is InChI=1S/C14H15N3O/c1-16-6-7-17-12(10-16)9-15-14(17)11-4-3-5-13(8-11)18-2/h3-9H,10H2,1-2H3. The van der Waals surface area contributed by atoms with E-state index < -0.39 is 0 Å². The summed E-state index contributed by atoms with van der Waals surface area (Å²) in [6.07, 6.45) is 6.02. The second kappa shape index (κ2) is 4.22. The molecule has 0 saturated heterocycles. The van der Waals surface area contributed by atoms with Gasteiger partial charge in [0.05, 0.1) is 25.5 Å². The number of benzene rings is 1. The number of hydrogen-bond acceptors (Lipinski definition) is 3. The number of aromatic nitrogens is 2. The van der Waals surface area contributed by atoms with E-state index in [0.29, 0.717) is 0 Å². The van der Waals surface area contributed by atoms with Gasteiger partial charge >= 0.3 is 0 Å². The van der Waals surface area contributed by atoms with Gasteiger partial charge in [-0.3, -0.25) is 0 Å². The highest BCUT2D eigenvalue weighted by Gasteiger charge is 2.14. The molecule has 0 unspecified atom stereocenters. The second-order valence-corrected chi connectivity index (χ2v) is 4.39. The molecule has 4 nitrogen and oxygen atoms in total. The Morgan fingerprint density at radius 1 is 1.28 bits per heavy atom. The van der Waals surface area contributed by atoms with E-state index in [1.165, 1.54) is 5.69 Å². The molecule has 18 heavy (non-hydrogen) atoms. The highest BCUT2D eigenvalue weighted by Crippen LogP contribution is 2.26. The van der Waals surface area contributed by atoms with Gasteiger partial charge in [-0.05, 0) is 12.1 Å². The van der Waals surface area contributed by atoms with Crippen LogP contribution in [0.4, 0.5) is 0 Å². The molecule has 2 heterocycles. The minimum atomic E-state index is 0.849. The summed E-state index contributed by atoms with van der Waals surface area (Å²) in [5.41, 5.74) is 2.26. The van der Waals surface area contributed by atoms with Crippen LogP contribution in [0.2, 0.25) is 0 Å². The van der Waals surface area contributed by atoms with Crippen molar-refractivity contribution in [3.05, 3.63) is 42.4 Å². The van der Waals surface area contributed by atoms with E-state index in [2.05, 4.69) is 27.7 Å². The number of nitrogens with zero attached hydrogens (tertiary/aromatic N) is 3. The Morgan fingerprint density at radius 2 is 2.17 bits per heavy atom. The van der Waals surface area contributed by atoms with E-state index >= 15 is 0 Å². The maximum Gasteiger partial charge on any atom is 0.144 e. The fourth-order valence-electron chi connectivity index (χ4n) is 2.14. The van der Waals surface area contributed by atoms with E-state index in [9.17, 15) is 0 Å². The van der Waals surface area contributed by atoms with Crippen LogP contribution in [-0.2, 0) is 6.54 Å². The van der Waals surface area contributed by atoms with Gasteiger partial charge in [0.2, 0.25) is 0 Å². The number of imidazole rings is 1. The summed E-state index contributed by atoms with van der Waals surface area (Å²) >= 11 is 0. The van der Waals surface area contributed by atoms with Gasteiger partial charge in [0, 0.05) is 25.0 Å². The quantitative estimate of drug-likeness (QED) is 0.809. The molecule has 2 aromatic rings. The first-order valence-corrected chi connectivity index (χ1v) is 5.87. The molecule has 0 N–H and O–H groups in total. The molecule has 0 atom stereocenters. The first-order valence-electron chi connectivity index (χ1n) is 5.87. The molecule has 4 heteroatoms. The molecule has 0 radical (unpaired) electrons. The SMILES string of the molecule is COc1cccc(-c2ncc3n2C=CN(C)C3)c1. The van der Waals surface area contributed by atoms with Gasteiger partial charge in [-0.1, -0.05) is 12.1 Å². The van der Waals surface area contributed by atoms with E-state index in [1.54, 1.807) is 7.11 Å². The van der Waals surface area contributed by atoms with Crippen molar-refractivity contribution in [3.63, 3.8) is 0 Å². The third kappa shape index (κ3) is 1.76. The Hall–Kier alpha value is -2.23. The highest BCUT2D eigenvalue weighted by molar-refractivity contribution is 5.61. The first kappa shape index (κ1) is 10.9. The normalized spacial score (nSPS) is 13.6.